The molecule has 0 radical (unpaired) electrons. The molecule has 0 saturated carbocycles. The number of nitrogens with one attached hydrogen (secondary N) is 1. The van der Waals surface area contributed by atoms with E-state index >= 15 is 0 Å². The summed E-state index contributed by atoms with van der Waals surface area (Å²) >= 11 is 0. The molecule has 3 nitrogen and oxygen atoms in total. The van der Waals surface area contributed by atoms with E-state index in [2.05, 4.69) is 50.4 Å². The summed E-state index contributed by atoms with van der Waals surface area (Å²) in [6.07, 6.45) is 0.288. The van der Waals surface area contributed by atoms with Crippen molar-refractivity contribution in [1.29, 1.82) is 0 Å². The first-order chi connectivity index (χ1) is 9.20. The van der Waals surface area contributed by atoms with Gasteiger partial charge in [0.25, 0.3) is 0 Å². The molecule has 0 bridgehead atoms. The summed E-state index contributed by atoms with van der Waals surface area (Å²) in [6.45, 7) is 9.70. The predicted molar refractivity (Wildman–Crippen MR) is 77.5 cm³/mol. The molecule has 1 aliphatic rings. The Kier molecular flexibility index (Phi) is 5.37. The Bertz CT molecular complexity index is 371. The Hall–Kier alpha value is -0.900. The second-order valence-corrected chi connectivity index (χ2v) is 5.42. The third-order valence-electron chi connectivity index (χ3n) is 3.56. The van der Waals surface area contributed by atoms with Crippen LogP contribution in [0.1, 0.15) is 43.9 Å². The maximum absolute atomic E-state index is 5.84. The van der Waals surface area contributed by atoms with Gasteiger partial charge in [-0.2, -0.15) is 0 Å². The van der Waals surface area contributed by atoms with E-state index in [1.165, 1.54) is 11.1 Å². The Labute approximate surface area is 116 Å². The average Bonchev–Trinajstić information content (AvgIpc) is 2.36. The maximum Gasteiger partial charge on any atom is 0.104 e. The van der Waals surface area contributed by atoms with Gasteiger partial charge in [-0.1, -0.05) is 45.0 Å². The fourth-order valence-electron chi connectivity index (χ4n) is 2.18. The number of hydrogen-bond donors (Lipinski definition) is 1. The SMILES string of the molecule is CCNC(COC1COC1)c1ccc(C(C)C)cc1. The normalized spacial score (nSPS) is 17.5. The Balaban J connectivity index is 1.95. The Morgan fingerprint density at radius 2 is 1.84 bits per heavy atom. The molecule has 1 heterocycles. The molecule has 0 aromatic heterocycles. The van der Waals surface area contributed by atoms with Crippen LogP contribution in [0, 0.1) is 0 Å². The molecular weight excluding hydrogens is 238 g/mol. The number of hydrogen-bond acceptors (Lipinski definition) is 3. The van der Waals surface area contributed by atoms with Crippen molar-refractivity contribution in [2.24, 2.45) is 0 Å². The van der Waals surface area contributed by atoms with Crippen molar-refractivity contribution in [3.8, 4) is 0 Å². The summed E-state index contributed by atoms with van der Waals surface area (Å²) in [5.41, 5.74) is 2.68. The van der Waals surface area contributed by atoms with Crippen LogP contribution in [0.3, 0.4) is 0 Å². The first-order valence-electron chi connectivity index (χ1n) is 7.23. The smallest absolute Gasteiger partial charge is 0.104 e. The number of likely N-dealkylation sites (N-methyl/N-ethyl adjacent to an activating group) is 1. The summed E-state index contributed by atoms with van der Waals surface area (Å²) in [5, 5.41) is 3.49. The van der Waals surface area contributed by atoms with Crippen LogP contribution in [0.2, 0.25) is 0 Å². The molecule has 3 heteroatoms. The molecule has 0 amide bonds. The highest BCUT2D eigenvalue weighted by molar-refractivity contribution is 5.27. The lowest BCUT2D eigenvalue weighted by atomic mass is 9.99. The second kappa shape index (κ2) is 7.04. The molecule has 2 rings (SSSR count). The van der Waals surface area contributed by atoms with Crippen molar-refractivity contribution in [1.82, 2.24) is 5.32 Å². The molecule has 1 N–H and O–H groups in total. The van der Waals surface area contributed by atoms with Crippen LogP contribution in [0.4, 0.5) is 0 Å². The molecule has 1 saturated heterocycles. The lowest BCUT2D eigenvalue weighted by Crippen LogP contribution is -2.38. The van der Waals surface area contributed by atoms with Gasteiger partial charge in [0, 0.05) is 0 Å². The highest BCUT2D eigenvalue weighted by atomic mass is 16.6. The molecule has 1 atom stereocenters. The topological polar surface area (TPSA) is 30.5 Å². The van der Waals surface area contributed by atoms with E-state index in [0.717, 1.165) is 19.8 Å². The van der Waals surface area contributed by atoms with Crippen molar-refractivity contribution < 1.29 is 9.47 Å². The second-order valence-electron chi connectivity index (χ2n) is 5.42. The van der Waals surface area contributed by atoms with Gasteiger partial charge in [-0.3, -0.25) is 0 Å². The highest BCUT2D eigenvalue weighted by Gasteiger charge is 2.21. The average molecular weight is 263 g/mol. The molecular formula is C16H25NO2. The first-order valence-corrected chi connectivity index (χ1v) is 7.23. The van der Waals surface area contributed by atoms with E-state index in [-0.39, 0.29) is 12.1 Å². The molecule has 19 heavy (non-hydrogen) atoms. The van der Waals surface area contributed by atoms with E-state index in [0.29, 0.717) is 12.5 Å². The summed E-state index contributed by atoms with van der Waals surface area (Å²) in [4.78, 5) is 0. The molecule has 106 valence electrons. The zero-order valence-corrected chi connectivity index (χ0v) is 12.2. The Morgan fingerprint density at radius 1 is 1.21 bits per heavy atom. The van der Waals surface area contributed by atoms with Gasteiger partial charge < -0.3 is 14.8 Å². The van der Waals surface area contributed by atoms with Gasteiger partial charge in [0.2, 0.25) is 0 Å². The summed E-state index contributed by atoms with van der Waals surface area (Å²) in [5.74, 6) is 0.579. The van der Waals surface area contributed by atoms with E-state index in [1.807, 2.05) is 0 Å². The van der Waals surface area contributed by atoms with Gasteiger partial charge in [-0.05, 0) is 23.6 Å². The Morgan fingerprint density at radius 3 is 2.32 bits per heavy atom. The fourth-order valence-corrected chi connectivity index (χ4v) is 2.18. The van der Waals surface area contributed by atoms with E-state index < -0.39 is 0 Å². The molecule has 1 unspecified atom stereocenters. The van der Waals surface area contributed by atoms with Crippen LogP contribution < -0.4 is 5.32 Å². The standard InChI is InChI=1S/C16H25NO2/c1-4-17-16(11-19-15-9-18-10-15)14-7-5-13(6-8-14)12(2)3/h5-8,12,15-17H,4,9-11H2,1-3H3. The lowest BCUT2D eigenvalue weighted by molar-refractivity contribution is -0.133. The van der Waals surface area contributed by atoms with Gasteiger partial charge in [0.1, 0.15) is 6.10 Å². The van der Waals surface area contributed by atoms with Gasteiger partial charge in [0.05, 0.1) is 25.9 Å². The highest BCUT2D eigenvalue weighted by Crippen LogP contribution is 2.20. The van der Waals surface area contributed by atoms with Crippen molar-refractivity contribution in [2.45, 2.75) is 38.8 Å². The van der Waals surface area contributed by atoms with Crippen LogP contribution in [-0.4, -0.2) is 32.5 Å². The van der Waals surface area contributed by atoms with E-state index in [4.69, 9.17) is 9.47 Å². The zero-order valence-electron chi connectivity index (χ0n) is 12.2. The third kappa shape index (κ3) is 4.03. The number of benzene rings is 1. The van der Waals surface area contributed by atoms with Crippen LogP contribution in [0.25, 0.3) is 0 Å². The summed E-state index contributed by atoms with van der Waals surface area (Å²) in [6, 6.07) is 9.13. The summed E-state index contributed by atoms with van der Waals surface area (Å²) in [7, 11) is 0. The number of rotatable bonds is 7. The fraction of sp³-hybridized carbons (Fsp3) is 0.625. The van der Waals surface area contributed by atoms with Gasteiger partial charge in [-0.15, -0.1) is 0 Å². The summed E-state index contributed by atoms with van der Waals surface area (Å²) < 4.78 is 11.0. The van der Waals surface area contributed by atoms with Crippen LogP contribution in [0.5, 0.6) is 0 Å². The van der Waals surface area contributed by atoms with E-state index in [9.17, 15) is 0 Å². The minimum absolute atomic E-state index is 0.270. The maximum atomic E-state index is 5.84. The molecule has 0 spiro atoms. The largest absolute Gasteiger partial charge is 0.376 e. The van der Waals surface area contributed by atoms with Gasteiger partial charge >= 0.3 is 0 Å². The monoisotopic (exact) mass is 263 g/mol. The predicted octanol–water partition coefficient (Wildman–Crippen LogP) is 2.88. The zero-order chi connectivity index (χ0) is 13.7. The van der Waals surface area contributed by atoms with Crippen molar-refractivity contribution in [3.63, 3.8) is 0 Å². The van der Waals surface area contributed by atoms with Crippen LogP contribution >= 0.6 is 0 Å². The molecule has 1 aromatic rings. The quantitative estimate of drug-likeness (QED) is 0.820. The lowest BCUT2D eigenvalue weighted by Gasteiger charge is -2.28. The molecule has 1 aromatic carbocycles. The van der Waals surface area contributed by atoms with Crippen molar-refractivity contribution >= 4 is 0 Å². The van der Waals surface area contributed by atoms with Gasteiger partial charge in [-0.25, -0.2) is 0 Å². The van der Waals surface area contributed by atoms with Crippen LogP contribution in [-0.2, 0) is 9.47 Å². The number of ether oxygens (including phenoxy) is 2. The van der Waals surface area contributed by atoms with Crippen molar-refractivity contribution in [2.75, 3.05) is 26.4 Å². The third-order valence-corrected chi connectivity index (χ3v) is 3.56. The van der Waals surface area contributed by atoms with Gasteiger partial charge in [0.15, 0.2) is 0 Å². The van der Waals surface area contributed by atoms with E-state index in [1.54, 1.807) is 0 Å². The minimum atomic E-state index is 0.270. The molecule has 1 fully saturated rings. The van der Waals surface area contributed by atoms with Crippen LogP contribution in [0.15, 0.2) is 24.3 Å². The molecule has 1 aliphatic heterocycles. The minimum Gasteiger partial charge on any atom is -0.376 e. The first kappa shape index (κ1) is 14.5. The van der Waals surface area contributed by atoms with Crippen molar-refractivity contribution in [3.05, 3.63) is 35.4 Å². The molecule has 0 aliphatic carbocycles.